The second kappa shape index (κ2) is 4.90. The number of nitrogens with zero attached hydrogens (tertiary/aromatic N) is 1. The molecule has 10 heteroatoms. The minimum absolute atomic E-state index is 0.0239. The van der Waals surface area contributed by atoms with Gasteiger partial charge in [0.2, 0.25) is 5.88 Å². The second-order valence-corrected chi connectivity index (χ2v) is 3.50. The molecule has 2 nitrogen and oxygen atoms in total. The fourth-order valence-corrected chi connectivity index (χ4v) is 1.66. The molecule has 1 heterocycles. The number of ether oxygens (including phenoxy) is 1. The summed E-state index contributed by atoms with van der Waals surface area (Å²) in [7, 11) is 0. The van der Waals surface area contributed by atoms with Gasteiger partial charge in [-0.05, 0) is 0 Å². The van der Waals surface area contributed by atoms with Crippen LogP contribution in [0.3, 0.4) is 0 Å². The van der Waals surface area contributed by atoms with Crippen LogP contribution in [0.5, 0.6) is 5.88 Å². The first-order valence-electron chi connectivity index (χ1n) is 4.12. The lowest BCUT2D eigenvalue weighted by molar-refractivity contribution is -0.276. The molecule has 0 radical (unpaired) electrons. The normalized spacial score (nSPS) is 12.7. The zero-order valence-corrected chi connectivity index (χ0v) is 9.75. The minimum atomic E-state index is -5.22. The van der Waals surface area contributed by atoms with E-state index < -0.39 is 40.7 Å². The van der Waals surface area contributed by atoms with E-state index in [-0.39, 0.29) is 6.20 Å². The molecule has 0 amide bonds. The molecule has 0 aliphatic heterocycles. The summed E-state index contributed by atoms with van der Waals surface area (Å²) >= 11 is 2.54. The number of hydrogen-bond acceptors (Lipinski definition) is 2. The molecule has 102 valence electrons. The van der Waals surface area contributed by atoms with Crippen molar-refractivity contribution < 1.29 is 35.5 Å². The van der Waals surface area contributed by atoms with Gasteiger partial charge in [0, 0.05) is 10.9 Å². The van der Waals surface area contributed by atoms with Crippen LogP contribution in [-0.4, -0.2) is 11.3 Å². The van der Waals surface area contributed by atoms with Crippen LogP contribution in [0.4, 0.5) is 30.7 Å². The molecule has 0 bridgehead atoms. The first-order chi connectivity index (χ1) is 8.06. The maximum Gasteiger partial charge on any atom is 0.574 e. The average Bonchev–Trinajstić information content (AvgIpc) is 2.16. The van der Waals surface area contributed by atoms with E-state index >= 15 is 0 Å². The second-order valence-electron chi connectivity index (χ2n) is 2.94. The summed E-state index contributed by atoms with van der Waals surface area (Å²) < 4.78 is 89.6. The van der Waals surface area contributed by atoms with E-state index in [1.807, 2.05) is 0 Å². The molecule has 1 aromatic heterocycles. The summed E-state index contributed by atoms with van der Waals surface area (Å²) in [5.74, 6) is -3.11. The number of hydrogen-bond donors (Lipinski definition) is 0. The van der Waals surface area contributed by atoms with Gasteiger partial charge in [-0.1, -0.05) is 15.9 Å². The van der Waals surface area contributed by atoms with E-state index in [9.17, 15) is 30.7 Å². The molecular weight excluding hydrogens is 339 g/mol. The Morgan fingerprint density at radius 1 is 1.17 bits per heavy atom. The molecule has 0 atom stereocenters. The standard InChI is InChI=1S/C8H3BrF7NO/c9-1-3-5(7(11,12)13)4(10)2-17-6(3)18-8(14,15)16/h2H,1H2. The maximum absolute atomic E-state index is 13.0. The highest BCUT2D eigenvalue weighted by molar-refractivity contribution is 9.08. The van der Waals surface area contributed by atoms with Crippen LogP contribution in [0.2, 0.25) is 0 Å². The number of halogens is 8. The molecule has 0 aromatic carbocycles. The smallest absolute Gasteiger partial charge is 0.388 e. The van der Waals surface area contributed by atoms with Crippen molar-refractivity contribution in [2.75, 3.05) is 0 Å². The molecule has 18 heavy (non-hydrogen) atoms. The molecule has 0 saturated carbocycles. The Kier molecular flexibility index (Phi) is 4.08. The first kappa shape index (κ1) is 15.0. The summed E-state index contributed by atoms with van der Waals surface area (Å²) in [5, 5.41) is -0.696. The van der Waals surface area contributed by atoms with E-state index in [4.69, 9.17) is 0 Å². The molecule has 0 saturated heterocycles. The van der Waals surface area contributed by atoms with Gasteiger partial charge in [0.15, 0.2) is 5.82 Å². The predicted octanol–water partition coefficient (Wildman–Crippen LogP) is 4.03. The zero-order valence-electron chi connectivity index (χ0n) is 8.16. The monoisotopic (exact) mass is 341 g/mol. The Morgan fingerprint density at radius 3 is 2.11 bits per heavy atom. The van der Waals surface area contributed by atoms with Crippen LogP contribution in [0, 0.1) is 5.82 Å². The topological polar surface area (TPSA) is 22.1 Å². The molecule has 0 aliphatic carbocycles. The van der Waals surface area contributed by atoms with Crippen LogP contribution in [-0.2, 0) is 11.5 Å². The van der Waals surface area contributed by atoms with Crippen molar-refractivity contribution in [3.8, 4) is 5.88 Å². The molecule has 0 unspecified atom stereocenters. The maximum atomic E-state index is 13.0. The number of alkyl halides is 7. The van der Waals surface area contributed by atoms with Gasteiger partial charge in [0.25, 0.3) is 0 Å². The average molecular weight is 342 g/mol. The van der Waals surface area contributed by atoms with E-state index in [1.165, 1.54) is 0 Å². The molecular formula is C8H3BrF7NO. The highest BCUT2D eigenvalue weighted by Crippen LogP contribution is 2.39. The Hall–Kier alpha value is -1.06. The predicted molar refractivity (Wildman–Crippen MR) is 48.5 cm³/mol. The van der Waals surface area contributed by atoms with E-state index in [0.29, 0.717) is 0 Å². The van der Waals surface area contributed by atoms with Crippen molar-refractivity contribution in [2.45, 2.75) is 17.9 Å². The van der Waals surface area contributed by atoms with Gasteiger partial charge < -0.3 is 4.74 Å². The van der Waals surface area contributed by atoms with Crippen LogP contribution >= 0.6 is 15.9 Å². The van der Waals surface area contributed by atoms with Crippen LogP contribution in [0.1, 0.15) is 11.1 Å². The Balaban J connectivity index is 3.39. The largest absolute Gasteiger partial charge is 0.574 e. The zero-order chi connectivity index (χ0) is 14.1. The molecule has 0 N–H and O–H groups in total. The SMILES string of the molecule is Fc1cnc(OC(F)(F)F)c(CBr)c1C(F)(F)F. The van der Waals surface area contributed by atoms with Crippen LogP contribution in [0.25, 0.3) is 0 Å². The summed E-state index contributed by atoms with van der Waals surface area (Å²) in [6.45, 7) is 0. The summed E-state index contributed by atoms with van der Waals surface area (Å²) in [6.07, 6.45) is -10.3. The molecule has 0 fully saturated rings. The Morgan fingerprint density at radius 2 is 1.72 bits per heavy atom. The van der Waals surface area contributed by atoms with Crippen molar-refractivity contribution in [2.24, 2.45) is 0 Å². The summed E-state index contributed by atoms with van der Waals surface area (Å²) in [4.78, 5) is 2.86. The highest BCUT2D eigenvalue weighted by atomic mass is 79.9. The van der Waals surface area contributed by atoms with Gasteiger partial charge in [0.05, 0.1) is 6.20 Å². The van der Waals surface area contributed by atoms with Crippen molar-refractivity contribution in [1.29, 1.82) is 0 Å². The van der Waals surface area contributed by atoms with Crippen LogP contribution < -0.4 is 4.74 Å². The van der Waals surface area contributed by atoms with Crippen LogP contribution in [0.15, 0.2) is 6.20 Å². The third kappa shape index (κ3) is 3.47. The number of rotatable bonds is 2. The first-order valence-corrected chi connectivity index (χ1v) is 5.24. The number of aromatic nitrogens is 1. The lowest BCUT2D eigenvalue weighted by Crippen LogP contribution is -2.21. The van der Waals surface area contributed by atoms with Crippen molar-refractivity contribution in [1.82, 2.24) is 4.98 Å². The Labute approximate surface area is 104 Å². The van der Waals surface area contributed by atoms with Gasteiger partial charge in [-0.15, -0.1) is 13.2 Å². The van der Waals surface area contributed by atoms with Gasteiger partial charge in [-0.2, -0.15) is 13.2 Å². The van der Waals surface area contributed by atoms with Gasteiger partial charge in [-0.25, -0.2) is 9.37 Å². The molecule has 0 aliphatic rings. The molecule has 0 spiro atoms. The molecule has 1 rings (SSSR count). The van der Waals surface area contributed by atoms with Gasteiger partial charge in [-0.3, -0.25) is 0 Å². The van der Waals surface area contributed by atoms with Crippen molar-refractivity contribution >= 4 is 15.9 Å². The highest BCUT2D eigenvalue weighted by Gasteiger charge is 2.41. The van der Waals surface area contributed by atoms with Crippen molar-refractivity contribution in [3.05, 3.63) is 23.1 Å². The van der Waals surface area contributed by atoms with Gasteiger partial charge in [0.1, 0.15) is 5.56 Å². The fourth-order valence-electron chi connectivity index (χ4n) is 1.14. The van der Waals surface area contributed by atoms with E-state index in [1.54, 1.807) is 0 Å². The fraction of sp³-hybridized carbons (Fsp3) is 0.375. The third-order valence-corrected chi connectivity index (χ3v) is 2.28. The minimum Gasteiger partial charge on any atom is -0.388 e. The Bertz CT molecular complexity index is 442. The van der Waals surface area contributed by atoms with Gasteiger partial charge >= 0.3 is 12.5 Å². The third-order valence-electron chi connectivity index (χ3n) is 1.72. The lowest BCUT2D eigenvalue weighted by atomic mass is 10.1. The summed E-state index contributed by atoms with van der Waals surface area (Å²) in [5.41, 5.74) is -2.89. The molecule has 1 aromatic rings. The number of pyridine rings is 1. The van der Waals surface area contributed by atoms with Crippen molar-refractivity contribution in [3.63, 3.8) is 0 Å². The lowest BCUT2D eigenvalue weighted by Gasteiger charge is -2.16. The quantitative estimate of drug-likeness (QED) is 0.598. The van der Waals surface area contributed by atoms with E-state index in [2.05, 4.69) is 25.7 Å². The summed E-state index contributed by atoms with van der Waals surface area (Å²) in [6, 6.07) is 0. The van der Waals surface area contributed by atoms with E-state index in [0.717, 1.165) is 0 Å².